The highest BCUT2D eigenvalue weighted by Gasteiger charge is 2.23. The molecule has 0 radical (unpaired) electrons. The summed E-state index contributed by atoms with van der Waals surface area (Å²) in [5.74, 6) is 0. The highest BCUT2D eigenvalue weighted by Crippen LogP contribution is 2.34. The standard InChI is InChI=1S/C17H17Br2N/c1-11(12-3-2-4-14(18)9-12)20-17-8-5-13-10-15(19)6-7-16(13)17/h2-4,6-7,9-11,17,20H,5,8H2,1H3/t11-,17?/m1/s1. The molecule has 1 aliphatic rings. The van der Waals surface area contributed by atoms with Crippen molar-refractivity contribution in [2.45, 2.75) is 31.8 Å². The summed E-state index contributed by atoms with van der Waals surface area (Å²) in [5, 5.41) is 3.76. The molecule has 2 aromatic carbocycles. The van der Waals surface area contributed by atoms with Gasteiger partial charge in [0, 0.05) is 21.0 Å². The Morgan fingerprint density at radius 2 is 1.90 bits per heavy atom. The topological polar surface area (TPSA) is 12.0 Å². The van der Waals surface area contributed by atoms with Gasteiger partial charge in [-0.25, -0.2) is 0 Å². The van der Waals surface area contributed by atoms with Crippen molar-refractivity contribution in [2.24, 2.45) is 0 Å². The lowest BCUT2D eigenvalue weighted by Crippen LogP contribution is -2.23. The molecule has 0 aromatic heterocycles. The smallest absolute Gasteiger partial charge is 0.0331 e. The normalized spacial score (nSPS) is 18.9. The van der Waals surface area contributed by atoms with Crippen LogP contribution in [0.3, 0.4) is 0 Å². The maximum Gasteiger partial charge on any atom is 0.0331 e. The molecule has 104 valence electrons. The first-order valence-electron chi connectivity index (χ1n) is 6.93. The zero-order valence-electron chi connectivity index (χ0n) is 11.4. The van der Waals surface area contributed by atoms with Crippen LogP contribution in [0.15, 0.2) is 51.4 Å². The van der Waals surface area contributed by atoms with Gasteiger partial charge in [-0.1, -0.05) is 50.1 Å². The van der Waals surface area contributed by atoms with Gasteiger partial charge >= 0.3 is 0 Å². The molecule has 20 heavy (non-hydrogen) atoms. The Hall–Kier alpha value is -0.640. The van der Waals surface area contributed by atoms with Crippen molar-refractivity contribution in [3.8, 4) is 0 Å². The number of nitrogens with one attached hydrogen (secondary N) is 1. The van der Waals surface area contributed by atoms with E-state index >= 15 is 0 Å². The number of aryl methyl sites for hydroxylation is 1. The van der Waals surface area contributed by atoms with Crippen LogP contribution < -0.4 is 5.32 Å². The number of hydrogen-bond acceptors (Lipinski definition) is 1. The van der Waals surface area contributed by atoms with Crippen LogP contribution >= 0.6 is 31.9 Å². The molecule has 0 bridgehead atoms. The fourth-order valence-electron chi connectivity index (χ4n) is 2.93. The van der Waals surface area contributed by atoms with Crippen LogP contribution in [0.25, 0.3) is 0 Å². The molecule has 0 saturated heterocycles. The lowest BCUT2D eigenvalue weighted by atomic mass is 10.0. The van der Waals surface area contributed by atoms with Gasteiger partial charge in [-0.3, -0.25) is 0 Å². The molecule has 2 atom stereocenters. The van der Waals surface area contributed by atoms with Crippen LogP contribution in [0.4, 0.5) is 0 Å². The molecule has 3 heteroatoms. The molecule has 0 saturated carbocycles. The summed E-state index contributed by atoms with van der Waals surface area (Å²) >= 11 is 7.10. The van der Waals surface area contributed by atoms with E-state index in [-0.39, 0.29) is 0 Å². The molecular weight excluding hydrogens is 378 g/mol. The second-order valence-electron chi connectivity index (χ2n) is 5.38. The lowest BCUT2D eigenvalue weighted by molar-refractivity contribution is 0.465. The van der Waals surface area contributed by atoms with Gasteiger partial charge < -0.3 is 5.32 Å². The summed E-state index contributed by atoms with van der Waals surface area (Å²) < 4.78 is 2.32. The molecule has 1 nitrogen and oxygen atoms in total. The summed E-state index contributed by atoms with van der Waals surface area (Å²) in [5.41, 5.74) is 4.25. The van der Waals surface area contributed by atoms with E-state index in [2.05, 4.69) is 86.6 Å². The second-order valence-corrected chi connectivity index (χ2v) is 7.21. The van der Waals surface area contributed by atoms with E-state index < -0.39 is 0 Å². The molecule has 0 heterocycles. The predicted molar refractivity (Wildman–Crippen MR) is 90.9 cm³/mol. The SMILES string of the molecule is C[C@@H](NC1CCc2cc(Br)ccc21)c1cccc(Br)c1. The first-order valence-corrected chi connectivity index (χ1v) is 8.52. The molecule has 3 rings (SSSR count). The Balaban J connectivity index is 1.77. The van der Waals surface area contributed by atoms with Gasteiger partial charge in [0.15, 0.2) is 0 Å². The van der Waals surface area contributed by atoms with Crippen LogP contribution in [-0.4, -0.2) is 0 Å². The monoisotopic (exact) mass is 393 g/mol. The Kier molecular flexibility index (Phi) is 4.29. The van der Waals surface area contributed by atoms with E-state index in [0.29, 0.717) is 12.1 Å². The van der Waals surface area contributed by atoms with Gasteiger partial charge in [-0.15, -0.1) is 0 Å². The van der Waals surface area contributed by atoms with Gasteiger partial charge in [-0.2, -0.15) is 0 Å². The molecule has 1 N–H and O–H groups in total. The van der Waals surface area contributed by atoms with Crippen LogP contribution in [0.1, 0.15) is 42.1 Å². The highest BCUT2D eigenvalue weighted by atomic mass is 79.9. The van der Waals surface area contributed by atoms with Crippen LogP contribution in [-0.2, 0) is 6.42 Å². The van der Waals surface area contributed by atoms with E-state index in [0.717, 1.165) is 10.9 Å². The van der Waals surface area contributed by atoms with Crippen molar-refractivity contribution in [3.05, 3.63) is 68.1 Å². The Morgan fingerprint density at radius 1 is 1.10 bits per heavy atom. The second kappa shape index (κ2) is 6.00. The fraction of sp³-hybridized carbons (Fsp3) is 0.294. The molecule has 1 aliphatic carbocycles. The van der Waals surface area contributed by atoms with E-state index in [1.807, 2.05) is 0 Å². The van der Waals surface area contributed by atoms with Crippen molar-refractivity contribution in [2.75, 3.05) is 0 Å². The first kappa shape index (κ1) is 14.3. The zero-order valence-corrected chi connectivity index (χ0v) is 14.5. The molecule has 0 spiro atoms. The quantitative estimate of drug-likeness (QED) is 0.719. The van der Waals surface area contributed by atoms with E-state index in [9.17, 15) is 0 Å². The van der Waals surface area contributed by atoms with Crippen molar-refractivity contribution >= 4 is 31.9 Å². The van der Waals surface area contributed by atoms with Gasteiger partial charge in [0.05, 0.1) is 0 Å². The predicted octanol–water partition coefficient (Wildman–Crippen LogP) is 5.55. The summed E-state index contributed by atoms with van der Waals surface area (Å²) in [4.78, 5) is 0. The average molecular weight is 395 g/mol. The van der Waals surface area contributed by atoms with Crippen molar-refractivity contribution < 1.29 is 0 Å². The lowest BCUT2D eigenvalue weighted by Gasteiger charge is -2.21. The number of hydrogen-bond donors (Lipinski definition) is 1. The first-order chi connectivity index (χ1) is 9.63. The van der Waals surface area contributed by atoms with E-state index in [4.69, 9.17) is 0 Å². The Morgan fingerprint density at radius 3 is 2.70 bits per heavy atom. The van der Waals surface area contributed by atoms with E-state index in [1.165, 1.54) is 27.6 Å². The third-order valence-electron chi connectivity index (χ3n) is 3.98. The summed E-state index contributed by atoms with van der Waals surface area (Å²) in [6, 6.07) is 16.0. The minimum absolute atomic E-state index is 0.354. The van der Waals surface area contributed by atoms with Gasteiger partial charge in [0.25, 0.3) is 0 Å². The fourth-order valence-corrected chi connectivity index (χ4v) is 3.76. The minimum atomic E-state index is 0.354. The van der Waals surface area contributed by atoms with Crippen molar-refractivity contribution in [1.82, 2.24) is 5.32 Å². The third-order valence-corrected chi connectivity index (χ3v) is 4.97. The summed E-state index contributed by atoms with van der Waals surface area (Å²) in [7, 11) is 0. The third kappa shape index (κ3) is 3.00. The number of halogens is 2. The summed E-state index contributed by atoms with van der Waals surface area (Å²) in [6.45, 7) is 2.23. The van der Waals surface area contributed by atoms with E-state index in [1.54, 1.807) is 0 Å². The van der Waals surface area contributed by atoms with Crippen LogP contribution in [0.2, 0.25) is 0 Å². The van der Waals surface area contributed by atoms with Gasteiger partial charge in [0.1, 0.15) is 0 Å². The van der Waals surface area contributed by atoms with Crippen molar-refractivity contribution in [1.29, 1.82) is 0 Å². The van der Waals surface area contributed by atoms with Crippen LogP contribution in [0, 0.1) is 0 Å². The minimum Gasteiger partial charge on any atom is -0.303 e. The Bertz CT molecular complexity index is 624. The van der Waals surface area contributed by atoms with Gasteiger partial charge in [0.2, 0.25) is 0 Å². The molecule has 0 amide bonds. The Labute approximate surface area is 137 Å². The number of fused-ring (bicyclic) bond motifs is 1. The molecule has 1 unspecified atom stereocenters. The number of rotatable bonds is 3. The molecule has 0 aliphatic heterocycles. The summed E-state index contributed by atoms with van der Waals surface area (Å²) in [6.07, 6.45) is 2.35. The molecule has 0 fully saturated rings. The maximum absolute atomic E-state index is 3.76. The van der Waals surface area contributed by atoms with Gasteiger partial charge in [-0.05, 0) is 60.7 Å². The highest BCUT2D eigenvalue weighted by molar-refractivity contribution is 9.10. The largest absolute Gasteiger partial charge is 0.303 e. The number of benzene rings is 2. The van der Waals surface area contributed by atoms with Crippen molar-refractivity contribution in [3.63, 3.8) is 0 Å². The maximum atomic E-state index is 3.76. The average Bonchev–Trinajstić information content (AvgIpc) is 2.81. The molecule has 2 aromatic rings. The van der Waals surface area contributed by atoms with Crippen LogP contribution in [0.5, 0.6) is 0 Å². The zero-order chi connectivity index (χ0) is 14.1. The molecular formula is C17H17Br2N.